The van der Waals surface area contributed by atoms with Crippen molar-refractivity contribution in [2.24, 2.45) is 0 Å². The molecule has 0 aliphatic heterocycles. The second-order valence-electron chi connectivity index (χ2n) is 6.09. The minimum absolute atomic E-state index is 0.0109. The van der Waals surface area contributed by atoms with Crippen LogP contribution in [0, 0.1) is 0 Å². The number of rotatable bonds is 8. The molecule has 0 N–H and O–H groups in total. The van der Waals surface area contributed by atoms with Gasteiger partial charge < -0.3 is 9.80 Å². The zero-order chi connectivity index (χ0) is 17.4. The van der Waals surface area contributed by atoms with Crippen LogP contribution in [0.4, 0.5) is 0 Å². The van der Waals surface area contributed by atoms with Gasteiger partial charge in [-0.05, 0) is 25.5 Å². The van der Waals surface area contributed by atoms with E-state index in [-0.39, 0.29) is 30.9 Å². The lowest BCUT2D eigenvalue weighted by atomic mass is 10.1. The van der Waals surface area contributed by atoms with E-state index >= 15 is 0 Å². The molecule has 0 aromatic heterocycles. The first-order valence-electron chi connectivity index (χ1n) is 8.09. The van der Waals surface area contributed by atoms with Crippen LogP contribution in [-0.4, -0.2) is 67.3 Å². The summed E-state index contributed by atoms with van der Waals surface area (Å²) in [5.41, 5.74) is 1.11. The average Bonchev–Trinajstić information content (AvgIpc) is 2.54. The summed E-state index contributed by atoms with van der Waals surface area (Å²) in [7, 11) is 5.29. The molecule has 1 rings (SSSR count). The number of carbonyl (C=O) groups is 2. The highest BCUT2D eigenvalue weighted by molar-refractivity contribution is 5.81. The van der Waals surface area contributed by atoms with Crippen molar-refractivity contribution >= 4 is 11.8 Å². The minimum atomic E-state index is 0.0109. The quantitative estimate of drug-likeness (QED) is 0.736. The van der Waals surface area contributed by atoms with Crippen LogP contribution in [0.25, 0.3) is 0 Å². The summed E-state index contributed by atoms with van der Waals surface area (Å²) in [6.07, 6.45) is 0.909. The second kappa shape index (κ2) is 9.30. The van der Waals surface area contributed by atoms with Crippen LogP contribution in [0.5, 0.6) is 0 Å². The Labute approximate surface area is 139 Å². The monoisotopic (exact) mass is 319 g/mol. The number of nitrogens with zero attached hydrogens (tertiary/aromatic N) is 3. The van der Waals surface area contributed by atoms with Gasteiger partial charge in [0.25, 0.3) is 0 Å². The zero-order valence-corrected chi connectivity index (χ0v) is 15.0. The van der Waals surface area contributed by atoms with E-state index in [2.05, 4.69) is 0 Å². The maximum absolute atomic E-state index is 12.6. The number of likely N-dealkylation sites (N-methyl/N-ethyl adjacent to an activating group) is 2. The van der Waals surface area contributed by atoms with Crippen molar-refractivity contribution in [2.75, 3.05) is 40.8 Å². The summed E-state index contributed by atoms with van der Waals surface area (Å²) in [5.74, 6) is 0.0476. The minimum Gasteiger partial charge on any atom is -0.348 e. The first-order valence-corrected chi connectivity index (χ1v) is 8.09. The standard InChI is InChI=1S/C18H29N3O2/c1-6-12-21(13-17(22)19(3)4)14-18(23)20(5)15(2)16-10-8-7-9-11-16/h7-11,15H,6,12-14H2,1-5H3. The van der Waals surface area contributed by atoms with Gasteiger partial charge in [0.1, 0.15) is 0 Å². The van der Waals surface area contributed by atoms with Crippen molar-refractivity contribution in [3.05, 3.63) is 35.9 Å². The number of hydrogen-bond acceptors (Lipinski definition) is 3. The molecule has 1 unspecified atom stereocenters. The molecule has 1 aromatic carbocycles. The van der Waals surface area contributed by atoms with Gasteiger partial charge in [0.2, 0.25) is 11.8 Å². The summed E-state index contributed by atoms with van der Waals surface area (Å²) in [5, 5.41) is 0. The number of amides is 2. The molecule has 0 saturated carbocycles. The van der Waals surface area contributed by atoms with E-state index in [1.54, 1.807) is 23.9 Å². The molecule has 5 heteroatoms. The third-order valence-corrected chi connectivity index (χ3v) is 4.01. The van der Waals surface area contributed by atoms with Crippen LogP contribution >= 0.6 is 0 Å². The van der Waals surface area contributed by atoms with Crippen LogP contribution in [0.2, 0.25) is 0 Å². The third-order valence-electron chi connectivity index (χ3n) is 4.01. The fourth-order valence-electron chi connectivity index (χ4n) is 2.34. The van der Waals surface area contributed by atoms with Crippen molar-refractivity contribution in [3.63, 3.8) is 0 Å². The fraction of sp³-hybridized carbons (Fsp3) is 0.556. The predicted octanol–water partition coefficient (Wildman–Crippen LogP) is 2.01. The van der Waals surface area contributed by atoms with E-state index in [0.717, 1.165) is 18.5 Å². The Morgan fingerprint density at radius 2 is 1.57 bits per heavy atom. The van der Waals surface area contributed by atoms with Gasteiger partial charge in [-0.3, -0.25) is 14.5 Å². The van der Waals surface area contributed by atoms with E-state index in [1.165, 1.54) is 0 Å². The van der Waals surface area contributed by atoms with Crippen LogP contribution in [0.1, 0.15) is 31.9 Å². The molecule has 0 radical (unpaired) electrons. The van der Waals surface area contributed by atoms with Crippen LogP contribution in [-0.2, 0) is 9.59 Å². The van der Waals surface area contributed by atoms with Crippen molar-refractivity contribution in [2.45, 2.75) is 26.3 Å². The highest BCUT2D eigenvalue weighted by Crippen LogP contribution is 2.18. The molecule has 23 heavy (non-hydrogen) atoms. The number of carbonyl (C=O) groups excluding carboxylic acids is 2. The summed E-state index contributed by atoms with van der Waals surface area (Å²) in [4.78, 5) is 29.7. The summed E-state index contributed by atoms with van der Waals surface area (Å²) in [6, 6.07) is 9.97. The van der Waals surface area contributed by atoms with Crippen LogP contribution in [0.3, 0.4) is 0 Å². The molecule has 2 amide bonds. The zero-order valence-electron chi connectivity index (χ0n) is 15.0. The first-order chi connectivity index (χ1) is 10.9. The molecular formula is C18H29N3O2. The molecule has 1 atom stereocenters. The largest absolute Gasteiger partial charge is 0.348 e. The summed E-state index contributed by atoms with van der Waals surface area (Å²) < 4.78 is 0. The van der Waals surface area contributed by atoms with Crippen LogP contribution in [0.15, 0.2) is 30.3 Å². The van der Waals surface area contributed by atoms with Gasteiger partial charge in [-0.15, -0.1) is 0 Å². The van der Waals surface area contributed by atoms with Crippen molar-refractivity contribution in [1.82, 2.24) is 14.7 Å². The molecule has 1 aromatic rings. The predicted molar refractivity (Wildman–Crippen MR) is 93.1 cm³/mol. The molecule has 5 nitrogen and oxygen atoms in total. The molecule has 0 aliphatic rings. The van der Waals surface area contributed by atoms with E-state index in [4.69, 9.17) is 0 Å². The van der Waals surface area contributed by atoms with Gasteiger partial charge in [0, 0.05) is 21.1 Å². The van der Waals surface area contributed by atoms with E-state index < -0.39 is 0 Å². The van der Waals surface area contributed by atoms with E-state index in [9.17, 15) is 9.59 Å². The maximum Gasteiger partial charge on any atom is 0.237 e. The number of benzene rings is 1. The molecule has 0 bridgehead atoms. The highest BCUT2D eigenvalue weighted by atomic mass is 16.2. The lowest BCUT2D eigenvalue weighted by Crippen LogP contribution is -2.44. The topological polar surface area (TPSA) is 43.9 Å². The number of hydrogen-bond donors (Lipinski definition) is 0. The van der Waals surface area contributed by atoms with Gasteiger partial charge in [0.15, 0.2) is 0 Å². The summed E-state index contributed by atoms with van der Waals surface area (Å²) >= 11 is 0. The maximum atomic E-state index is 12.6. The van der Waals surface area contributed by atoms with Gasteiger partial charge in [-0.2, -0.15) is 0 Å². The Bertz CT molecular complexity index is 502. The highest BCUT2D eigenvalue weighted by Gasteiger charge is 2.21. The Hall–Kier alpha value is -1.88. The normalized spacial score (nSPS) is 12.1. The lowest BCUT2D eigenvalue weighted by molar-refractivity contribution is -0.135. The van der Waals surface area contributed by atoms with Gasteiger partial charge >= 0.3 is 0 Å². The second-order valence-corrected chi connectivity index (χ2v) is 6.09. The van der Waals surface area contributed by atoms with Gasteiger partial charge in [0.05, 0.1) is 19.1 Å². The fourth-order valence-corrected chi connectivity index (χ4v) is 2.34. The average molecular weight is 319 g/mol. The van der Waals surface area contributed by atoms with Gasteiger partial charge in [-0.1, -0.05) is 37.3 Å². The van der Waals surface area contributed by atoms with E-state index in [0.29, 0.717) is 0 Å². The van der Waals surface area contributed by atoms with Crippen molar-refractivity contribution < 1.29 is 9.59 Å². The van der Waals surface area contributed by atoms with Crippen molar-refractivity contribution in [1.29, 1.82) is 0 Å². The molecule has 0 spiro atoms. The van der Waals surface area contributed by atoms with Crippen molar-refractivity contribution in [3.8, 4) is 0 Å². The Morgan fingerprint density at radius 1 is 1.00 bits per heavy atom. The molecular weight excluding hydrogens is 290 g/mol. The van der Waals surface area contributed by atoms with Gasteiger partial charge in [-0.25, -0.2) is 0 Å². The molecule has 0 fully saturated rings. The summed E-state index contributed by atoms with van der Waals surface area (Å²) in [6.45, 7) is 5.34. The lowest BCUT2D eigenvalue weighted by Gasteiger charge is -2.29. The molecule has 0 saturated heterocycles. The SMILES string of the molecule is CCCN(CC(=O)N(C)C)CC(=O)N(C)C(C)c1ccccc1. The van der Waals surface area contributed by atoms with E-state index in [1.807, 2.05) is 56.1 Å². The first kappa shape index (κ1) is 19.2. The third kappa shape index (κ3) is 6.02. The molecule has 0 heterocycles. The Balaban J connectivity index is 2.68. The molecule has 128 valence electrons. The smallest absolute Gasteiger partial charge is 0.237 e. The molecule has 0 aliphatic carbocycles. The van der Waals surface area contributed by atoms with Crippen LogP contribution < -0.4 is 0 Å². The Kier molecular flexibility index (Phi) is 7.75. The Morgan fingerprint density at radius 3 is 2.09 bits per heavy atom.